The minimum atomic E-state index is -0.636. The fraction of sp³-hybridized carbons (Fsp3) is 0.136. The van der Waals surface area contributed by atoms with Gasteiger partial charge in [-0.3, -0.25) is 18.7 Å². The predicted molar refractivity (Wildman–Crippen MR) is 115 cm³/mol. The molecule has 0 spiro atoms. The molecule has 9 heteroatoms. The Hall–Kier alpha value is -4.27. The van der Waals surface area contributed by atoms with Gasteiger partial charge in [0.05, 0.1) is 13.7 Å². The summed E-state index contributed by atoms with van der Waals surface area (Å²) in [6.45, 7) is -0.275. The standard InChI is InChI=1S/C22H19N5O4/c1-31-17-9-5-8-16(12-17)25-18(28)14-26-20-19(23-10-11-24-20)21(29)27(22(26)30)13-15-6-3-2-4-7-15/h2-12H,13-14H2,1H3,(H,25,28). The summed E-state index contributed by atoms with van der Waals surface area (Å²) in [6.07, 6.45) is 2.75. The Kier molecular flexibility index (Phi) is 5.57. The van der Waals surface area contributed by atoms with E-state index in [0.717, 1.165) is 14.7 Å². The van der Waals surface area contributed by atoms with Gasteiger partial charge in [0, 0.05) is 24.1 Å². The van der Waals surface area contributed by atoms with Gasteiger partial charge in [-0.05, 0) is 17.7 Å². The molecule has 0 aliphatic carbocycles. The highest BCUT2D eigenvalue weighted by Crippen LogP contribution is 2.16. The van der Waals surface area contributed by atoms with E-state index in [9.17, 15) is 14.4 Å². The summed E-state index contributed by atoms with van der Waals surface area (Å²) in [6, 6.07) is 16.0. The number of amides is 1. The molecular weight excluding hydrogens is 398 g/mol. The van der Waals surface area contributed by atoms with E-state index in [1.165, 1.54) is 19.5 Å². The van der Waals surface area contributed by atoms with Crippen LogP contribution in [0.15, 0.2) is 76.6 Å². The summed E-state index contributed by atoms with van der Waals surface area (Å²) in [5, 5.41) is 2.73. The molecular formula is C22H19N5O4. The summed E-state index contributed by atoms with van der Waals surface area (Å²) < 4.78 is 7.37. The van der Waals surface area contributed by atoms with E-state index in [1.807, 2.05) is 30.3 Å². The van der Waals surface area contributed by atoms with E-state index >= 15 is 0 Å². The molecule has 4 aromatic rings. The molecule has 0 aliphatic rings. The molecule has 1 N–H and O–H groups in total. The maximum Gasteiger partial charge on any atom is 0.333 e. The van der Waals surface area contributed by atoms with Gasteiger partial charge in [0.1, 0.15) is 12.3 Å². The van der Waals surface area contributed by atoms with Crippen LogP contribution in [0.25, 0.3) is 11.2 Å². The van der Waals surface area contributed by atoms with Crippen LogP contribution >= 0.6 is 0 Å². The quantitative estimate of drug-likeness (QED) is 0.511. The third kappa shape index (κ3) is 4.20. The predicted octanol–water partition coefficient (Wildman–Crippen LogP) is 1.65. The molecule has 4 rings (SSSR count). The van der Waals surface area contributed by atoms with Crippen molar-refractivity contribution in [3.05, 3.63) is 93.4 Å². The molecule has 2 aromatic heterocycles. The number of nitrogens with zero attached hydrogens (tertiary/aromatic N) is 4. The number of anilines is 1. The lowest BCUT2D eigenvalue weighted by Crippen LogP contribution is -2.42. The van der Waals surface area contributed by atoms with E-state index in [0.29, 0.717) is 11.4 Å². The Bertz CT molecular complexity index is 1360. The van der Waals surface area contributed by atoms with Gasteiger partial charge in [0.25, 0.3) is 5.56 Å². The number of fused-ring (bicyclic) bond motifs is 1. The summed E-state index contributed by atoms with van der Waals surface area (Å²) in [4.78, 5) is 46.9. The van der Waals surface area contributed by atoms with Gasteiger partial charge in [-0.25, -0.2) is 14.8 Å². The van der Waals surface area contributed by atoms with Crippen LogP contribution in [0.3, 0.4) is 0 Å². The maximum absolute atomic E-state index is 13.2. The highest BCUT2D eigenvalue weighted by atomic mass is 16.5. The smallest absolute Gasteiger partial charge is 0.333 e. The molecule has 2 aromatic carbocycles. The average Bonchev–Trinajstić information content (AvgIpc) is 2.80. The molecule has 2 heterocycles. The number of aromatic nitrogens is 4. The van der Waals surface area contributed by atoms with Crippen LogP contribution in [0.2, 0.25) is 0 Å². The minimum absolute atomic E-state index is 0.0206. The molecule has 0 saturated heterocycles. The highest BCUT2D eigenvalue weighted by Gasteiger charge is 2.17. The maximum atomic E-state index is 13.2. The Balaban J connectivity index is 1.73. The summed E-state index contributed by atoms with van der Waals surface area (Å²) in [5.74, 6) is 0.134. The first-order valence-electron chi connectivity index (χ1n) is 9.49. The monoisotopic (exact) mass is 417 g/mol. The van der Waals surface area contributed by atoms with E-state index in [2.05, 4.69) is 15.3 Å². The molecule has 0 radical (unpaired) electrons. The minimum Gasteiger partial charge on any atom is -0.497 e. The van der Waals surface area contributed by atoms with Crippen molar-refractivity contribution in [1.29, 1.82) is 0 Å². The summed E-state index contributed by atoms with van der Waals surface area (Å²) in [7, 11) is 1.53. The van der Waals surface area contributed by atoms with Crippen LogP contribution < -0.4 is 21.3 Å². The molecule has 31 heavy (non-hydrogen) atoms. The molecule has 9 nitrogen and oxygen atoms in total. The normalized spacial score (nSPS) is 10.7. The van der Waals surface area contributed by atoms with Crippen LogP contribution in [0.1, 0.15) is 5.56 Å². The SMILES string of the molecule is COc1cccc(NC(=O)Cn2c(=O)n(Cc3ccccc3)c(=O)c3nccnc32)c1. The van der Waals surface area contributed by atoms with Gasteiger partial charge in [-0.1, -0.05) is 36.4 Å². The van der Waals surface area contributed by atoms with Gasteiger partial charge >= 0.3 is 5.69 Å². The fourth-order valence-corrected chi connectivity index (χ4v) is 3.22. The van der Waals surface area contributed by atoms with Crippen LogP contribution in [0.4, 0.5) is 5.69 Å². The van der Waals surface area contributed by atoms with Crippen molar-refractivity contribution in [2.45, 2.75) is 13.1 Å². The van der Waals surface area contributed by atoms with Crippen molar-refractivity contribution in [3.8, 4) is 5.75 Å². The average molecular weight is 417 g/mol. The zero-order valence-electron chi connectivity index (χ0n) is 16.7. The lowest BCUT2D eigenvalue weighted by Gasteiger charge is -2.13. The number of ether oxygens (including phenoxy) is 1. The van der Waals surface area contributed by atoms with Crippen molar-refractivity contribution in [2.75, 3.05) is 12.4 Å². The second-order valence-corrected chi connectivity index (χ2v) is 6.75. The van der Waals surface area contributed by atoms with Gasteiger partial charge < -0.3 is 10.1 Å². The first-order valence-corrected chi connectivity index (χ1v) is 9.49. The second kappa shape index (κ2) is 8.62. The van der Waals surface area contributed by atoms with Gasteiger partial charge in [-0.2, -0.15) is 0 Å². The molecule has 0 saturated carbocycles. The topological polar surface area (TPSA) is 108 Å². The zero-order chi connectivity index (χ0) is 21.8. The van der Waals surface area contributed by atoms with E-state index in [-0.39, 0.29) is 24.3 Å². The molecule has 0 unspecified atom stereocenters. The summed E-state index contributed by atoms with van der Waals surface area (Å²) >= 11 is 0. The van der Waals surface area contributed by atoms with Crippen molar-refractivity contribution in [3.63, 3.8) is 0 Å². The van der Waals surface area contributed by atoms with Crippen molar-refractivity contribution in [1.82, 2.24) is 19.1 Å². The first kappa shape index (κ1) is 20.0. The van der Waals surface area contributed by atoms with E-state index in [1.54, 1.807) is 24.3 Å². The molecule has 156 valence electrons. The molecule has 1 amide bonds. The lowest BCUT2D eigenvalue weighted by atomic mass is 10.2. The molecule has 0 fully saturated rings. The van der Waals surface area contributed by atoms with E-state index in [4.69, 9.17) is 4.74 Å². The number of hydrogen-bond donors (Lipinski definition) is 1. The third-order valence-electron chi connectivity index (χ3n) is 4.68. The third-order valence-corrected chi connectivity index (χ3v) is 4.68. The van der Waals surface area contributed by atoms with Gasteiger partial charge in [0.2, 0.25) is 5.91 Å². The fourth-order valence-electron chi connectivity index (χ4n) is 3.22. The lowest BCUT2D eigenvalue weighted by molar-refractivity contribution is -0.116. The Labute approximate surface area is 176 Å². The van der Waals surface area contributed by atoms with E-state index < -0.39 is 17.2 Å². The van der Waals surface area contributed by atoms with Gasteiger partial charge in [-0.15, -0.1) is 0 Å². The highest BCUT2D eigenvalue weighted by molar-refractivity contribution is 5.91. The van der Waals surface area contributed by atoms with Crippen LogP contribution in [0.5, 0.6) is 5.75 Å². The number of benzene rings is 2. The number of nitrogens with one attached hydrogen (secondary N) is 1. The van der Waals surface area contributed by atoms with Crippen molar-refractivity contribution < 1.29 is 9.53 Å². The molecule has 0 aliphatic heterocycles. The number of hydrogen-bond acceptors (Lipinski definition) is 6. The second-order valence-electron chi connectivity index (χ2n) is 6.75. The number of rotatable bonds is 6. The Morgan fingerprint density at radius 2 is 1.77 bits per heavy atom. The zero-order valence-corrected chi connectivity index (χ0v) is 16.7. The van der Waals surface area contributed by atoms with Crippen LogP contribution in [0, 0.1) is 0 Å². The first-order chi connectivity index (χ1) is 15.1. The van der Waals surface area contributed by atoms with Crippen LogP contribution in [-0.2, 0) is 17.9 Å². The van der Waals surface area contributed by atoms with Crippen LogP contribution in [-0.4, -0.2) is 32.1 Å². The Morgan fingerprint density at radius 3 is 2.55 bits per heavy atom. The molecule has 0 atom stereocenters. The number of carbonyl (C=O) groups excluding carboxylic acids is 1. The number of methoxy groups -OCH3 is 1. The summed E-state index contributed by atoms with van der Waals surface area (Å²) in [5.41, 5.74) is 0.182. The van der Waals surface area contributed by atoms with Gasteiger partial charge in [0.15, 0.2) is 11.2 Å². The van der Waals surface area contributed by atoms with Crippen molar-refractivity contribution in [2.24, 2.45) is 0 Å². The Morgan fingerprint density at radius 1 is 1.00 bits per heavy atom. The van der Waals surface area contributed by atoms with Crippen molar-refractivity contribution >= 4 is 22.8 Å². The number of carbonyl (C=O) groups is 1. The largest absolute Gasteiger partial charge is 0.497 e. The molecule has 0 bridgehead atoms.